The SMILES string of the molecule is CN=C(NCCCOc1cc(OC)cc(OC)c1)NCCCOC1CCOC1. The second-order valence-electron chi connectivity index (χ2n) is 6.39. The van der Waals surface area contributed by atoms with E-state index in [1.807, 2.05) is 18.2 Å². The van der Waals surface area contributed by atoms with Crippen LogP contribution in [0.3, 0.4) is 0 Å². The molecule has 2 rings (SSSR count). The molecule has 0 spiro atoms. The van der Waals surface area contributed by atoms with Crippen molar-refractivity contribution in [3.63, 3.8) is 0 Å². The van der Waals surface area contributed by atoms with Crippen LogP contribution in [-0.2, 0) is 9.47 Å². The topological polar surface area (TPSA) is 82.6 Å². The Kier molecular flexibility index (Phi) is 10.3. The van der Waals surface area contributed by atoms with Crippen molar-refractivity contribution in [2.75, 3.05) is 60.8 Å². The van der Waals surface area contributed by atoms with E-state index in [9.17, 15) is 0 Å². The lowest BCUT2D eigenvalue weighted by Gasteiger charge is -2.14. The Hall–Kier alpha value is -2.19. The first kappa shape index (κ1) is 22.1. The highest BCUT2D eigenvalue weighted by atomic mass is 16.5. The van der Waals surface area contributed by atoms with Gasteiger partial charge in [0, 0.05) is 51.6 Å². The fraction of sp³-hybridized carbons (Fsp3) is 0.650. The molecule has 0 amide bonds. The van der Waals surface area contributed by atoms with Crippen LogP contribution in [0.1, 0.15) is 19.3 Å². The Bertz CT molecular complexity index is 569. The second kappa shape index (κ2) is 13.1. The van der Waals surface area contributed by atoms with Crippen LogP contribution in [0.15, 0.2) is 23.2 Å². The van der Waals surface area contributed by atoms with Crippen LogP contribution in [-0.4, -0.2) is 72.8 Å². The lowest BCUT2D eigenvalue weighted by Crippen LogP contribution is -2.38. The molecule has 1 atom stereocenters. The zero-order valence-corrected chi connectivity index (χ0v) is 17.2. The quantitative estimate of drug-likeness (QED) is 0.317. The molecule has 8 heteroatoms. The third-order valence-corrected chi connectivity index (χ3v) is 4.29. The molecule has 0 aromatic heterocycles. The standard InChI is InChI=1S/C20H33N3O5/c1-21-20(22-7-4-9-27-16-6-11-26-15-16)23-8-5-10-28-19-13-17(24-2)12-18(14-19)25-3/h12-14,16H,4-11,15H2,1-3H3,(H2,21,22,23). The second-order valence-corrected chi connectivity index (χ2v) is 6.39. The van der Waals surface area contributed by atoms with E-state index in [2.05, 4.69) is 15.6 Å². The molecule has 1 aliphatic heterocycles. The molecular weight excluding hydrogens is 362 g/mol. The molecule has 1 unspecified atom stereocenters. The summed E-state index contributed by atoms with van der Waals surface area (Å²) in [6.07, 6.45) is 3.03. The summed E-state index contributed by atoms with van der Waals surface area (Å²) in [5.41, 5.74) is 0. The van der Waals surface area contributed by atoms with Gasteiger partial charge in [-0.05, 0) is 19.3 Å². The maximum absolute atomic E-state index is 5.78. The Morgan fingerprint density at radius 2 is 1.68 bits per heavy atom. The fourth-order valence-electron chi connectivity index (χ4n) is 2.73. The van der Waals surface area contributed by atoms with E-state index >= 15 is 0 Å². The van der Waals surface area contributed by atoms with Gasteiger partial charge in [0.2, 0.25) is 0 Å². The molecular formula is C20H33N3O5. The normalized spacial score (nSPS) is 16.7. The molecule has 1 fully saturated rings. The number of hydrogen-bond donors (Lipinski definition) is 2. The number of rotatable bonds is 12. The number of benzene rings is 1. The lowest BCUT2D eigenvalue weighted by molar-refractivity contribution is 0.0420. The number of methoxy groups -OCH3 is 2. The van der Waals surface area contributed by atoms with Crippen molar-refractivity contribution in [3.8, 4) is 17.2 Å². The summed E-state index contributed by atoms with van der Waals surface area (Å²) in [5.74, 6) is 2.93. The molecule has 0 bridgehead atoms. The predicted molar refractivity (Wildman–Crippen MR) is 109 cm³/mol. The van der Waals surface area contributed by atoms with Gasteiger partial charge < -0.3 is 34.3 Å². The van der Waals surface area contributed by atoms with E-state index in [0.29, 0.717) is 18.1 Å². The first-order chi connectivity index (χ1) is 13.7. The van der Waals surface area contributed by atoms with E-state index in [1.54, 1.807) is 21.3 Å². The predicted octanol–water partition coefficient (Wildman–Crippen LogP) is 1.83. The Labute approximate surface area is 167 Å². The van der Waals surface area contributed by atoms with Crippen molar-refractivity contribution in [1.29, 1.82) is 0 Å². The number of nitrogens with one attached hydrogen (secondary N) is 2. The highest BCUT2D eigenvalue weighted by Crippen LogP contribution is 2.27. The molecule has 8 nitrogen and oxygen atoms in total. The van der Waals surface area contributed by atoms with E-state index in [0.717, 1.165) is 63.9 Å². The minimum Gasteiger partial charge on any atom is -0.496 e. The number of ether oxygens (including phenoxy) is 5. The van der Waals surface area contributed by atoms with Crippen LogP contribution in [0.5, 0.6) is 17.2 Å². The van der Waals surface area contributed by atoms with Gasteiger partial charge in [0.1, 0.15) is 17.2 Å². The number of nitrogens with zero attached hydrogens (tertiary/aromatic N) is 1. The van der Waals surface area contributed by atoms with Gasteiger partial charge in [0.15, 0.2) is 5.96 Å². The zero-order chi connectivity index (χ0) is 20.0. The third kappa shape index (κ3) is 8.22. The van der Waals surface area contributed by atoms with Crippen LogP contribution in [0, 0.1) is 0 Å². The van der Waals surface area contributed by atoms with Crippen LogP contribution in [0.4, 0.5) is 0 Å². The molecule has 1 heterocycles. The molecule has 0 aliphatic carbocycles. The summed E-state index contributed by atoms with van der Waals surface area (Å²) >= 11 is 0. The first-order valence-corrected chi connectivity index (χ1v) is 9.75. The molecule has 28 heavy (non-hydrogen) atoms. The smallest absolute Gasteiger partial charge is 0.190 e. The summed E-state index contributed by atoms with van der Waals surface area (Å²) in [7, 11) is 5.01. The summed E-state index contributed by atoms with van der Waals surface area (Å²) in [6.45, 7) is 4.42. The molecule has 0 saturated carbocycles. The largest absolute Gasteiger partial charge is 0.496 e. The van der Waals surface area contributed by atoms with E-state index < -0.39 is 0 Å². The van der Waals surface area contributed by atoms with Crippen LogP contribution in [0.2, 0.25) is 0 Å². The maximum Gasteiger partial charge on any atom is 0.190 e. The van der Waals surface area contributed by atoms with E-state index in [-0.39, 0.29) is 6.10 Å². The third-order valence-electron chi connectivity index (χ3n) is 4.29. The Morgan fingerprint density at radius 1 is 1.04 bits per heavy atom. The molecule has 1 aliphatic rings. The molecule has 158 valence electrons. The first-order valence-electron chi connectivity index (χ1n) is 9.75. The Balaban J connectivity index is 1.54. The van der Waals surface area contributed by atoms with Gasteiger partial charge >= 0.3 is 0 Å². The average molecular weight is 396 g/mol. The monoisotopic (exact) mass is 395 g/mol. The molecule has 2 N–H and O–H groups in total. The van der Waals surface area contributed by atoms with Crippen molar-refractivity contribution in [2.45, 2.75) is 25.4 Å². The van der Waals surface area contributed by atoms with Crippen molar-refractivity contribution in [2.24, 2.45) is 4.99 Å². The Morgan fingerprint density at radius 3 is 2.25 bits per heavy atom. The van der Waals surface area contributed by atoms with Crippen molar-refractivity contribution >= 4 is 5.96 Å². The lowest BCUT2D eigenvalue weighted by atomic mass is 10.3. The van der Waals surface area contributed by atoms with Crippen LogP contribution >= 0.6 is 0 Å². The number of guanidine groups is 1. The van der Waals surface area contributed by atoms with Gasteiger partial charge in [-0.3, -0.25) is 4.99 Å². The van der Waals surface area contributed by atoms with Crippen molar-refractivity contribution < 1.29 is 23.7 Å². The summed E-state index contributed by atoms with van der Waals surface area (Å²) in [5, 5.41) is 6.57. The van der Waals surface area contributed by atoms with Gasteiger partial charge in [0.25, 0.3) is 0 Å². The van der Waals surface area contributed by atoms with Crippen LogP contribution in [0.25, 0.3) is 0 Å². The molecule has 1 saturated heterocycles. The summed E-state index contributed by atoms with van der Waals surface area (Å²) in [4.78, 5) is 4.22. The van der Waals surface area contributed by atoms with Crippen molar-refractivity contribution in [1.82, 2.24) is 10.6 Å². The van der Waals surface area contributed by atoms with E-state index in [4.69, 9.17) is 23.7 Å². The number of hydrogen-bond acceptors (Lipinski definition) is 6. The fourth-order valence-corrected chi connectivity index (χ4v) is 2.73. The minimum atomic E-state index is 0.266. The van der Waals surface area contributed by atoms with Gasteiger partial charge in [-0.15, -0.1) is 0 Å². The molecule has 1 aromatic rings. The molecule has 0 radical (unpaired) electrons. The molecule has 1 aromatic carbocycles. The van der Waals surface area contributed by atoms with E-state index in [1.165, 1.54) is 0 Å². The van der Waals surface area contributed by atoms with Gasteiger partial charge in [-0.1, -0.05) is 0 Å². The van der Waals surface area contributed by atoms with Crippen molar-refractivity contribution in [3.05, 3.63) is 18.2 Å². The minimum absolute atomic E-state index is 0.266. The highest BCUT2D eigenvalue weighted by molar-refractivity contribution is 5.79. The van der Waals surface area contributed by atoms with Crippen LogP contribution < -0.4 is 24.8 Å². The highest BCUT2D eigenvalue weighted by Gasteiger charge is 2.15. The summed E-state index contributed by atoms with van der Waals surface area (Å²) < 4.78 is 27.3. The summed E-state index contributed by atoms with van der Waals surface area (Å²) in [6, 6.07) is 5.50. The maximum atomic E-state index is 5.78. The number of aliphatic imine (C=N–C) groups is 1. The average Bonchev–Trinajstić information content (AvgIpc) is 3.25. The zero-order valence-electron chi connectivity index (χ0n) is 17.2. The van der Waals surface area contributed by atoms with Gasteiger partial charge in [-0.2, -0.15) is 0 Å². The van der Waals surface area contributed by atoms with Gasteiger partial charge in [-0.25, -0.2) is 0 Å². The van der Waals surface area contributed by atoms with Gasteiger partial charge in [0.05, 0.1) is 33.5 Å².